The summed E-state index contributed by atoms with van der Waals surface area (Å²) in [5.74, 6) is -1.43. The zero-order chi connectivity index (χ0) is 24.2. The van der Waals surface area contributed by atoms with E-state index < -0.39 is 30.2 Å². The van der Waals surface area contributed by atoms with Gasteiger partial charge in [0.15, 0.2) is 6.61 Å². The maximum atomic E-state index is 12.4. The third kappa shape index (κ3) is 5.03. The highest BCUT2D eigenvalue weighted by molar-refractivity contribution is 5.88. The number of phenols is 1. The zero-order valence-electron chi connectivity index (χ0n) is 18.5. The van der Waals surface area contributed by atoms with E-state index in [0.717, 1.165) is 29.3 Å². The molecule has 0 saturated heterocycles. The SMILES string of the molecule is CCCc1cc(=O)oc2cc(OCC(=O)N[C@H](Cc3c[nH]c4ccc(O)cc34)C(=O)O)ccc12. The first-order chi connectivity index (χ1) is 16.3. The maximum Gasteiger partial charge on any atom is 0.336 e. The molecule has 9 heteroatoms. The Balaban J connectivity index is 1.43. The van der Waals surface area contributed by atoms with Gasteiger partial charge in [0.05, 0.1) is 0 Å². The Hall–Kier alpha value is -4.27. The smallest absolute Gasteiger partial charge is 0.336 e. The quantitative estimate of drug-likeness (QED) is 0.279. The molecule has 0 aliphatic rings. The Kier molecular flexibility index (Phi) is 6.53. The number of phenolic OH excluding ortho intramolecular Hbond substituents is 1. The molecule has 0 aliphatic heterocycles. The van der Waals surface area contributed by atoms with Gasteiger partial charge in [-0.1, -0.05) is 13.3 Å². The molecular formula is C25H24N2O7. The van der Waals surface area contributed by atoms with Crippen molar-refractivity contribution in [1.29, 1.82) is 0 Å². The minimum absolute atomic E-state index is 0.0197. The standard InChI is InChI=1S/C25H24N2O7/c1-2-3-14-9-24(30)34-22-11-17(5-6-18(14)22)33-13-23(29)27-21(25(31)32)8-15-12-26-20-7-4-16(28)10-19(15)20/h4-7,9-12,21,26,28H,2-3,8,13H2,1H3,(H,27,29)(H,31,32)/t21-/m1/s1. The summed E-state index contributed by atoms with van der Waals surface area (Å²) in [4.78, 5) is 39.0. The number of carbonyl (C=O) groups excluding carboxylic acids is 1. The predicted octanol–water partition coefficient (Wildman–Crippen LogP) is 3.12. The van der Waals surface area contributed by atoms with Crippen LogP contribution >= 0.6 is 0 Å². The number of carbonyl (C=O) groups is 2. The fourth-order valence-corrected chi connectivity index (χ4v) is 3.92. The molecule has 4 N–H and O–H groups in total. The Bertz CT molecular complexity index is 1420. The first kappa shape index (κ1) is 22.9. The van der Waals surface area contributed by atoms with Gasteiger partial charge >= 0.3 is 11.6 Å². The van der Waals surface area contributed by atoms with Crippen LogP contribution in [0.15, 0.2) is 57.9 Å². The van der Waals surface area contributed by atoms with Gasteiger partial charge in [-0.25, -0.2) is 9.59 Å². The van der Waals surface area contributed by atoms with E-state index >= 15 is 0 Å². The predicted molar refractivity (Wildman–Crippen MR) is 125 cm³/mol. The molecule has 0 spiro atoms. The van der Waals surface area contributed by atoms with E-state index in [1.54, 1.807) is 24.4 Å². The van der Waals surface area contributed by atoms with E-state index in [1.165, 1.54) is 24.3 Å². The Morgan fingerprint density at radius 1 is 1.12 bits per heavy atom. The van der Waals surface area contributed by atoms with E-state index in [-0.39, 0.29) is 12.2 Å². The highest BCUT2D eigenvalue weighted by Crippen LogP contribution is 2.25. The summed E-state index contributed by atoms with van der Waals surface area (Å²) in [5.41, 5.74) is 2.18. The van der Waals surface area contributed by atoms with E-state index in [0.29, 0.717) is 22.3 Å². The van der Waals surface area contributed by atoms with Gasteiger partial charge in [-0.15, -0.1) is 0 Å². The van der Waals surface area contributed by atoms with Crippen LogP contribution in [0.2, 0.25) is 0 Å². The molecule has 34 heavy (non-hydrogen) atoms. The zero-order valence-corrected chi connectivity index (χ0v) is 18.5. The highest BCUT2D eigenvalue weighted by Gasteiger charge is 2.22. The average molecular weight is 464 g/mol. The van der Waals surface area contributed by atoms with Gasteiger partial charge in [0.25, 0.3) is 5.91 Å². The number of fused-ring (bicyclic) bond motifs is 2. The molecule has 2 heterocycles. The molecule has 1 amide bonds. The number of aromatic hydroxyl groups is 1. The summed E-state index contributed by atoms with van der Waals surface area (Å²) in [6.45, 7) is 1.60. The van der Waals surface area contributed by atoms with Gasteiger partial charge in [0.2, 0.25) is 0 Å². The second kappa shape index (κ2) is 9.70. The highest BCUT2D eigenvalue weighted by atomic mass is 16.5. The summed E-state index contributed by atoms with van der Waals surface area (Å²) in [5, 5.41) is 23.3. The molecule has 176 valence electrons. The van der Waals surface area contributed by atoms with Crippen molar-refractivity contribution in [3.8, 4) is 11.5 Å². The Morgan fingerprint density at radius 2 is 1.94 bits per heavy atom. The van der Waals surface area contributed by atoms with Crippen LogP contribution in [-0.4, -0.2) is 39.7 Å². The van der Waals surface area contributed by atoms with Crippen molar-refractivity contribution in [2.24, 2.45) is 0 Å². The lowest BCUT2D eigenvalue weighted by atomic mass is 10.0. The summed E-state index contributed by atoms with van der Waals surface area (Å²) in [6, 6.07) is 10.0. The van der Waals surface area contributed by atoms with Gasteiger partial charge < -0.3 is 29.7 Å². The van der Waals surface area contributed by atoms with Gasteiger partial charge in [-0.05, 0) is 47.9 Å². The monoisotopic (exact) mass is 464 g/mol. The number of aromatic amines is 1. The van der Waals surface area contributed by atoms with Crippen LogP contribution in [0.25, 0.3) is 21.9 Å². The van der Waals surface area contributed by atoms with Crippen LogP contribution in [0.5, 0.6) is 11.5 Å². The number of carboxylic acids is 1. The van der Waals surface area contributed by atoms with Crippen molar-refractivity contribution in [2.75, 3.05) is 6.61 Å². The number of benzene rings is 2. The third-order valence-electron chi connectivity index (χ3n) is 5.50. The lowest BCUT2D eigenvalue weighted by Crippen LogP contribution is -2.44. The van der Waals surface area contributed by atoms with E-state index in [9.17, 15) is 24.6 Å². The van der Waals surface area contributed by atoms with Gasteiger partial charge in [0, 0.05) is 41.0 Å². The fourth-order valence-electron chi connectivity index (χ4n) is 3.92. The topological polar surface area (TPSA) is 142 Å². The Labute approximate surface area is 194 Å². The summed E-state index contributed by atoms with van der Waals surface area (Å²) < 4.78 is 10.8. The van der Waals surface area contributed by atoms with Crippen molar-refractivity contribution in [3.05, 3.63) is 70.2 Å². The molecule has 0 fully saturated rings. The van der Waals surface area contributed by atoms with Crippen LogP contribution < -0.4 is 15.7 Å². The number of aliphatic carboxylic acids is 1. The largest absolute Gasteiger partial charge is 0.508 e. The first-order valence-electron chi connectivity index (χ1n) is 10.8. The molecule has 2 aromatic carbocycles. The molecule has 0 aliphatic carbocycles. The molecule has 0 bridgehead atoms. The second-order valence-corrected chi connectivity index (χ2v) is 7.99. The van der Waals surface area contributed by atoms with E-state index in [4.69, 9.17) is 9.15 Å². The van der Waals surface area contributed by atoms with Gasteiger partial charge in [-0.3, -0.25) is 4.79 Å². The van der Waals surface area contributed by atoms with Crippen LogP contribution in [-0.2, 0) is 22.4 Å². The van der Waals surface area contributed by atoms with E-state index in [1.807, 2.05) is 6.92 Å². The number of H-pyrrole nitrogens is 1. The minimum atomic E-state index is -1.20. The molecule has 9 nitrogen and oxygen atoms in total. The Morgan fingerprint density at radius 3 is 2.71 bits per heavy atom. The number of hydrogen-bond acceptors (Lipinski definition) is 6. The number of hydrogen-bond donors (Lipinski definition) is 4. The lowest BCUT2D eigenvalue weighted by Gasteiger charge is -2.15. The van der Waals surface area contributed by atoms with Crippen molar-refractivity contribution < 1.29 is 29.0 Å². The van der Waals surface area contributed by atoms with Crippen molar-refractivity contribution in [1.82, 2.24) is 10.3 Å². The number of amides is 1. The normalized spacial score (nSPS) is 12.0. The van der Waals surface area contributed by atoms with Crippen molar-refractivity contribution in [2.45, 2.75) is 32.2 Å². The molecule has 0 unspecified atom stereocenters. The average Bonchev–Trinajstić information content (AvgIpc) is 3.18. The number of aromatic nitrogens is 1. The molecule has 1 atom stereocenters. The van der Waals surface area contributed by atoms with Crippen molar-refractivity contribution >= 4 is 33.7 Å². The number of rotatable bonds is 9. The summed E-state index contributed by atoms with van der Waals surface area (Å²) in [7, 11) is 0. The van der Waals surface area contributed by atoms with Crippen LogP contribution in [0.1, 0.15) is 24.5 Å². The molecule has 0 saturated carbocycles. The lowest BCUT2D eigenvalue weighted by molar-refractivity contribution is -0.142. The van der Waals surface area contributed by atoms with Crippen LogP contribution in [0.3, 0.4) is 0 Å². The molecule has 0 radical (unpaired) electrons. The second-order valence-electron chi connectivity index (χ2n) is 7.99. The fraction of sp³-hybridized carbons (Fsp3) is 0.240. The van der Waals surface area contributed by atoms with Gasteiger partial charge in [0.1, 0.15) is 23.1 Å². The van der Waals surface area contributed by atoms with Gasteiger partial charge in [-0.2, -0.15) is 0 Å². The van der Waals surface area contributed by atoms with Crippen molar-refractivity contribution in [3.63, 3.8) is 0 Å². The molecule has 2 aromatic heterocycles. The molecule has 4 rings (SSSR count). The minimum Gasteiger partial charge on any atom is -0.508 e. The summed E-state index contributed by atoms with van der Waals surface area (Å²) in [6.07, 6.45) is 3.28. The number of aryl methyl sites for hydroxylation is 1. The maximum absolute atomic E-state index is 12.4. The third-order valence-corrected chi connectivity index (χ3v) is 5.50. The number of nitrogens with one attached hydrogen (secondary N) is 2. The molecule has 4 aromatic rings. The van der Waals surface area contributed by atoms with E-state index in [2.05, 4.69) is 10.3 Å². The number of carboxylic acid groups (broad SMARTS) is 1. The van der Waals surface area contributed by atoms with Crippen LogP contribution in [0.4, 0.5) is 0 Å². The summed E-state index contributed by atoms with van der Waals surface area (Å²) >= 11 is 0. The van der Waals surface area contributed by atoms with Crippen LogP contribution in [0, 0.1) is 0 Å². The first-order valence-corrected chi connectivity index (χ1v) is 10.8. The number of ether oxygens (including phenoxy) is 1. The molecular weight excluding hydrogens is 440 g/mol.